The van der Waals surface area contributed by atoms with Crippen molar-refractivity contribution in [2.75, 3.05) is 10.6 Å². The lowest BCUT2D eigenvalue weighted by Gasteiger charge is -2.17. The van der Waals surface area contributed by atoms with Crippen LogP contribution in [0, 0.1) is 18.0 Å². The van der Waals surface area contributed by atoms with Gasteiger partial charge in [-0.15, -0.1) is 11.3 Å². The molecule has 0 aromatic carbocycles. The first-order valence-electron chi connectivity index (χ1n) is 7.03. The third-order valence-electron chi connectivity index (χ3n) is 3.31. The van der Waals surface area contributed by atoms with Crippen LogP contribution in [0.5, 0.6) is 0 Å². The first-order chi connectivity index (χ1) is 10.5. The SMILES string of the molecule is CC(=O)Nc1nc(C)nc(NC(c2ccc(F)s2)C2CC2)n1. The predicted molar refractivity (Wildman–Crippen MR) is 82.2 cm³/mol. The summed E-state index contributed by atoms with van der Waals surface area (Å²) in [6.07, 6.45) is 2.19. The zero-order valence-corrected chi connectivity index (χ0v) is 13.1. The summed E-state index contributed by atoms with van der Waals surface area (Å²) in [5, 5.41) is 5.60. The molecular formula is C14H16FN5OS. The second-order valence-electron chi connectivity index (χ2n) is 5.31. The fourth-order valence-electron chi connectivity index (χ4n) is 2.25. The molecule has 0 aliphatic heterocycles. The molecular weight excluding hydrogens is 305 g/mol. The Morgan fingerprint density at radius 3 is 2.64 bits per heavy atom. The highest BCUT2D eigenvalue weighted by Gasteiger charge is 2.34. The van der Waals surface area contributed by atoms with Gasteiger partial charge in [-0.05, 0) is 37.8 Å². The molecule has 6 nitrogen and oxygen atoms in total. The van der Waals surface area contributed by atoms with Crippen molar-refractivity contribution in [3.8, 4) is 0 Å². The highest BCUT2D eigenvalue weighted by molar-refractivity contribution is 7.10. The molecule has 0 radical (unpaired) electrons. The number of amides is 1. The maximum atomic E-state index is 13.3. The van der Waals surface area contributed by atoms with Crippen molar-refractivity contribution in [3.63, 3.8) is 0 Å². The number of aromatic nitrogens is 3. The van der Waals surface area contributed by atoms with Gasteiger partial charge >= 0.3 is 0 Å². The molecule has 1 aliphatic rings. The Hall–Kier alpha value is -2.09. The monoisotopic (exact) mass is 321 g/mol. The standard InChI is InChI=1S/C14H16FN5OS/c1-7-16-13(18-8(2)21)20-14(17-7)19-12(9-3-4-9)10-5-6-11(15)22-10/h5-6,9,12H,3-4H2,1-2H3,(H2,16,17,18,19,20,21). The Labute approximate surface area is 131 Å². The van der Waals surface area contributed by atoms with Crippen molar-refractivity contribution in [2.24, 2.45) is 5.92 Å². The quantitative estimate of drug-likeness (QED) is 0.885. The van der Waals surface area contributed by atoms with Crippen LogP contribution in [-0.4, -0.2) is 20.9 Å². The van der Waals surface area contributed by atoms with Crippen LogP contribution in [0.2, 0.25) is 0 Å². The molecule has 1 saturated carbocycles. The zero-order chi connectivity index (χ0) is 15.7. The van der Waals surface area contributed by atoms with E-state index in [9.17, 15) is 9.18 Å². The van der Waals surface area contributed by atoms with Gasteiger partial charge in [-0.2, -0.15) is 19.3 Å². The van der Waals surface area contributed by atoms with Crippen molar-refractivity contribution < 1.29 is 9.18 Å². The second kappa shape index (κ2) is 5.96. The van der Waals surface area contributed by atoms with Gasteiger partial charge in [0.05, 0.1) is 6.04 Å². The Morgan fingerprint density at radius 2 is 2.05 bits per heavy atom. The number of anilines is 2. The number of carbonyl (C=O) groups excluding carboxylic acids is 1. The summed E-state index contributed by atoms with van der Waals surface area (Å²) >= 11 is 1.13. The van der Waals surface area contributed by atoms with Gasteiger partial charge in [0, 0.05) is 11.8 Å². The Bertz CT molecular complexity index is 700. The third-order valence-corrected chi connectivity index (χ3v) is 4.27. The van der Waals surface area contributed by atoms with Crippen LogP contribution in [0.4, 0.5) is 16.3 Å². The van der Waals surface area contributed by atoms with Crippen molar-refractivity contribution in [2.45, 2.75) is 32.7 Å². The number of halogens is 1. The molecule has 2 heterocycles. The molecule has 3 rings (SSSR count). The first-order valence-corrected chi connectivity index (χ1v) is 7.85. The fourth-order valence-corrected chi connectivity index (χ4v) is 3.12. The number of hydrogen-bond acceptors (Lipinski definition) is 6. The number of nitrogens with one attached hydrogen (secondary N) is 2. The Kier molecular flexibility index (Phi) is 4.02. The van der Waals surface area contributed by atoms with Gasteiger partial charge in [-0.25, -0.2) is 0 Å². The highest BCUT2D eigenvalue weighted by Crippen LogP contribution is 2.44. The van der Waals surface area contributed by atoms with E-state index in [-0.39, 0.29) is 23.0 Å². The Morgan fingerprint density at radius 1 is 1.32 bits per heavy atom. The van der Waals surface area contributed by atoms with Crippen LogP contribution in [0.1, 0.15) is 36.5 Å². The average Bonchev–Trinajstić information content (AvgIpc) is 3.16. The summed E-state index contributed by atoms with van der Waals surface area (Å²) in [4.78, 5) is 24.6. The number of thiophene rings is 1. The Balaban J connectivity index is 1.83. The van der Waals surface area contributed by atoms with Gasteiger partial charge < -0.3 is 5.32 Å². The third kappa shape index (κ3) is 3.56. The summed E-state index contributed by atoms with van der Waals surface area (Å²) in [6.45, 7) is 3.13. The number of rotatable bonds is 5. The highest BCUT2D eigenvalue weighted by atomic mass is 32.1. The molecule has 0 spiro atoms. The molecule has 1 unspecified atom stereocenters. The maximum absolute atomic E-state index is 13.3. The van der Waals surface area contributed by atoms with Gasteiger partial charge in [-0.3, -0.25) is 10.1 Å². The average molecular weight is 321 g/mol. The van der Waals surface area contributed by atoms with Gasteiger partial charge in [0.15, 0.2) is 5.13 Å². The molecule has 0 saturated heterocycles. The van der Waals surface area contributed by atoms with Crippen molar-refractivity contribution >= 4 is 29.1 Å². The van der Waals surface area contributed by atoms with Gasteiger partial charge in [0.25, 0.3) is 0 Å². The van der Waals surface area contributed by atoms with E-state index in [1.807, 2.05) is 0 Å². The topological polar surface area (TPSA) is 79.8 Å². The zero-order valence-electron chi connectivity index (χ0n) is 12.3. The molecule has 2 aromatic heterocycles. The van der Waals surface area contributed by atoms with E-state index < -0.39 is 0 Å². The lowest BCUT2D eigenvalue weighted by Crippen LogP contribution is -2.17. The van der Waals surface area contributed by atoms with Crippen LogP contribution in [0.25, 0.3) is 0 Å². The molecule has 1 amide bonds. The molecule has 2 aromatic rings. The van der Waals surface area contributed by atoms with E-state index >= 15 is 0 Å². The number of carbonyl (C=O) groups is 1. The first kappa shape index (κ1) is 14.8. The molecule has 22 heavy (non-hydrogen) atoms. The lowest BCUT2D eigenvalue weighted by molar-refractivity contribution is -0.114. The normalized spacial score (nSPS) is 15.4. The fraction of sp³-hybridized carbons (Fsp3) is 0.429. The molecule has 1 fully saturated rings. The van der Waals surface area contributed by atoms with E-state index in [1.54, 1.807) is 13.0 Å². The van der Waals surface area contributed by atoms with Crippen LogP contribution in [-0.2, 0) is 4.79 Å². The van der Waals surface area contributed by atoms with Gasteiger partial charge in [-0.1, -0.05) is 0 Å². The second-order valence-corrected chi connectivity index (χ2v) is 6.38. The van der Waals surface area contributed by atoms with Crippen molar-refractivity contribution in [1.29, 1.82) is 0 Å². The summed E-state index contributed by atoms with van der Waals surface area (Å²) in [6, 6.07) is 3.25. The van der Waals surface area contributed by atoms with Crippen LogP contribution < -0.4 is 10.6 Å². The minimum atomic E-state index is -0.240. The summed E-state index contributed by atoms with van der Waals surface area (Å²) in [5.41, 5.74) is 0. The van der Waals surface area contributed by atoms with Crippen molar-refractivity contribution in [1.82, 2.24) is 15.0 Å². The van der Waals surface area contributed by atoms with E-state index in [4.69, 9.17) is 0 Å². The van der Waals surface area contributed by atoms with Crippen LogP contribution in [0.3, 0.4) is 0 Å². The van der Waals surface area contributed by atoms with Crippen molar-refractivity contribution in [3.05, 3.63) is 28.0 Å². The summed E-state index contributed by atoms with van der Waals surface area (Å²) < 4.78 is 13.3. The summed E-state index contributed by atoms with van der Waals surface area (Å²) in [7, 11) is 0. The molecule has 0 bridgehead atoms. The molecule has 1 aliphatic carbocycles. The van der Waals surface area contributed by atoms with Crippen LogP contribution in [0.15, 0.2) is 12.1 Å². The molecule has 1 atom stereocenters. The van der Waals surface area contributed by atoms with Gasteiger partial charge in [0.1, 0.15) is 5.82 Å². The molecule has 2 N–H and O–H groups in total. The predicted octanol–water partition coefficient (Wildman–Crippen LogP) is 2.90. The summed E-state index contributed by atoms with van der Waals surface area (Å²) in [5.74, 6) is 1.33. The van der Waals surface area contributed by atoms with E-state index in [2.05, 4.69) is 25.6 Å². The lowest BCUT2D eigenvalue weighted by atomic mass is 10.1. The number of nitrogens with zero attached hydrogens (tertiary/aromatic N) is 3. The minimum Gasteiger partial charge on any atom is -0.346 e. The molecule has 8 heteroatoms. The van der Waals surface area contributed by atoms with Crippen LogP contribution >= 0.6 is 11.3 Å². The largest absolute Gasteiger partial charge is 0.346 e. The number of aryl methyl sites for hydroxylation is 1. The molecule has 116 valence electrons. The van der Waals surface area contributed by atoms with E-state index in [0.717, 1.165) is 29.1 Å². The van der Waals surface area contributed by atoms with Gasteiger partial charge in [0.2, 0.25) is 17.8 Å². The smallest absolute Gasteiger partial charge is 0.234 e. The van der Waals surface area contributed by atoms with E-state index in [1.165, 1.54) is 13.0 Å². The maximum Gasteiger partial charge on any atom is 0.234 e. The van der Waals surface area contributed by atoms with E-state index in [0.29, 0.717) is 17.7 Å². The minimum absolute atomic E-state index is 0.0125. The number of hydrogen-bond donors (Lipinski definition) is 2.